The SMILES string of the molecule is CC(CN=C(N)NC(C)c1ccc(Cl)cc1Cl)Cn1cccn1. The molecule has 1 aromatic heterocycles. The highest BCUT2D eigenvalue weighted by Gasteiger charge is 2.11. The molecule has 0 fully saturated rings. The maximum absolute atomic E-state index is 6.20. The van der Waals surface area contributed by atoms with Crippen LogP contribution >= 0.6 is 23.2 Å². The molecule has 2 unspecified atom stereocenters. The Morgan fingerprint density at radius 3 is 2.83 bits per heavy atom. The number of hydrogen-bond acceptors (Lipinski definition) is 2. The largest absolute Gasteiger partial charge is 0.370 e. The van der Waals surface area contributed by atoms with Gasteiger partial charge in [0, 0.05) is 35.5 Å². The van der Waals surface area contributed by atoms with Crippen LogP contribution in [-0.4, -0.2) is 22.3 Å². The molecule has 0 saturated heterocycles. The third kappa shape index (κ3) is 5.44. The Morgan fingerprint density at radius 1 is 1.39 bits per heavy atom. The molecule has 1 heterocycles. The number of nitrogens with one attached hydrogen (secondary N) is 1. The van der Waals surface area contributed by atoms with Crippen molar-refractivity contribution in [3.05, 3.63) is 52.3 Å². The van der Waals surface area contributed by atoms with Gasteiger partial charge in [0.25, 0.3) is 0 Å². The molecule has 0 amide bonds. The van der Waals surface area contributed by atoms with Gasteiger partial charge in [-0.25, -0.2) is 0 Å². The molecule has 3 N–H and O–H groups in total. The molecule has 0 radical (unpaired) electrons. The molecule has 7 heteroatoms. The highest BCUT2D eigenvalue weighted by Crippen LogP contribution is 2.25. The van der Waals surface area contributed by atoms with Gasteiger partial charge < -0.3 is 11.1 Å². The lowest BCUT2D eigenvalue weighted by molar-refractivity contribution is 0.458. The Labute approximate surface area is 146 Å². The van der Waals surface area contributed by atoms with Gasteiger partial charge in [-0.05, 0) is 36.6 Å². The second kappa shape index (κ2) is 8.22. The molecule has 0 aliphatic rings. The van der Waals surface area contributed by atoms with Crippen LogP contribution in [0.4, 0.5) is 0 Å². The van der Waals surface area contributed by atoms with Crippen molar-refractivity contribution in [2.24, 2.45) is 16.6 Å². The molecule has 5 nitrogen and oxygen atoms in total. The van der Waals surface area contributed by atoms with E-state index in [1.165, 1.54) is 0 Å². The summed E-state index contributed by atoms with van der Waals surface area (Å²) in [5.74, 6) is 0.737. The maximum atomic E-state index is 6.20. The molecule has 23 heavy (non-hydrogen) atoms. The Bertz CT molecular complexity index is 654. The number of halogens is 2. The van der Waals surface area contributed by atoms with Gasteiger partial charge >= 0.3 is 0 Å². The van der Waals surface area contributed by atoms with Gasteiger partial charge in [-0.1, -0.05) is 36.2 Å². The summed E-state index contributed by atoms with van der Waals surface area (Å²) in [4.78, 5) is 4.39. The first kappa shape index (κ1) is 17.6. The third-order valence-electron chi connectivity index (χ3n) is 3.42. The van der Waals surface area contributed by atoms with Gasteiger partial charge in [-0.15, -0.1) is 0 Å². The van der Waals surface area contributed by atoms with Gasteiger partial charge in [0.1, 0.15) is 0 Å². The molecule has 2 rings (SSSR count). The predicted octanol–water partition coefficient (Wildman–Crippen LogP) is 3.49. The van der Waals surface area contributed by atoms with Crippen LogP contribution in [0.5, 0.6) is 0 Å². The van der Waals surface area contributed by atoms with Crippen molar-refractivity contribution in [3.8, 4) is 0 Å². The van der Waals surface area contributed by atoms with E-state index < -0.39 is 0 Å². The summed E-state index contributed by atoms with van der Waals surface area (Å²) >= 11 is 12.1. The van der Waals surface area contributed by atoms with Crippen LogP contribution in [0.15, 0.2) is 41.7 Å². The lowest BCUT2D eigenvalue weighted by Crippen LogP contribution is -2.34. The summed E-state index contributed by atoms with van der Waals surface area (Å²) in [6.07, 6.45) is 3.70. The van der Waals surface area contributed by atoms with Crippen LogP contribution in [0.2, 0.25) is 10.0 Å². The quantitative estimate of drug-likeness (QED) is 0.616. The fourth-order valence-electron chi connectivity index (χ4n) is 2.24. The third-order valence-corrected chi connectivity index (χ3v) is 3.99. The molecule has 0 saturated carbocycles. The first-order chi connectivity index (χ1) is 11.0. The number of nitrogens with two attached hydrogens (primary N) is 1. The Kier molecular flexibility index (Phi) is 6.30. The number of benzene rings is 1. The lowest BCUT2D eigenvalue weighted by Gasteiger charge is -2.17. The summed E-state index contributed by atoms with van der Waals surface area (Å²) in [5, 5.41) is 8.55. The number of aliphatic imine (C=N–C) groups is 1. The topological polar surface area (TPSA) is 68.2 Å². The second-order valence-electron chi connectivity index (χ2n) is 5.59. The van der Waals surface area contributed by atoms with Crippen LogP contribution < -0.4 is 11.1 Å². The summed E-state index contributed by atoms with van der Waals surface area (Å²) < 4.78 is 1.89. The predicted molar refractivity (Wildman–Crippen MR) is 95.9 cm³/mol. The van der Waals surface area contributed by atoms with E-state index in [0.717, 1.165) is 12.1 Å². The van der Waals surface area contributed by atoms with Gasteiger partial charge in [-0.3, -0.25) is 9.67 Å². The van der Waals surface area contributed by atoms with E-state index >= 15 is 0 Å². The minimum atomic E-state index is -0.0510. The van der Waals surface area contributed by atoms with E-state index in [0.29, 0.717) is 28.5 Å². The number of nitrogens with zero attached hydrogens (tertiary/aromatic N) is 3. The van der Waals surface area contributed by atoms with Crippen molar-refractivity contribution in [2.45, 2.75) is 26.4 Å². The van der Waals surface area contributed by atoms with Gasteiger partial charge in [0.2, 0.25) is 0 Å². The maximum Gasteiger partial charge on any atom is 0.189 e. The summed E-state index contributed by atoms with van der Waals surface area (Å²) in [5.41, 5.74) is 6.89. The highest BCUT2D eigenvalue weighted by molar-refractivity contribution is 6.35. The normalized spacial score (nSPS) is 14.5. The van der Waals surface area contributed by atoms with Crippen molar-refractivity contribution in [1.29, 1.82) is 0 Å². The molecule has 0 spiro atoms. The van der Waals surface area contributed by atoms with E-state index in [4.69, 9.17) is 28.9 Å². The zero-order chi connectivity index (χ0) is 16.8. The number of hydrogen-bond donors (Lipinski definition) is 2. The standard InChI is InChI=1S/C16H21Cl2N5/c1-11(10-23-7-3-6-21-23)9-20-16(19)22-12(2)14-5-4-13(17)8-15(14)18/h3-8,11-12H,9-10H2,1-2H3,(H3,19,20,22). The molecule has 0 aliphatic heterocycles. The van der Waals surface area contributed by atoms with E-state index in [1.54, 1.807) is 18.3 Å². The molecule has 0 aliphatic carbocycles. The van der Waals surface area contributed by atoms with Gasteiger partial charge in [0.15, 0.2) is 5.96 Å². The van der Waals surface area contributed by atoms with Crippen LogP contribution in [-0.2, 0) is 6.54 Å². The first-order valence-electron chi connectivity index (χ1n) is 7.44. The monoisotopic (exact) mass is 353 g/mol. The van der Waals surface area contributed by atoms with Crippen molar-refractivity contribution in [1.82, 2.24) is 15.1 Å². The Balaban J connectivity index is 1.88. The molecule has 0 bridgehead atoms. The summed E-state index contributed by atoms with van der Waals surface area (Å²) in [6.45, 7) is 5.52. The van der Waals surface area contributed by atoms with Gasteiger partial charge in [-0.2, -0.15) is 5.10 Å². The smallest absolute Gasteiger partial charge is 0.189 e. The lowest BCUT2D eigenvalue weighted by atomic mass is 10.1. The average Bonchev–Trinajstić information content (AvgIpc) is 2.97. The second-order valence-corrected chi connectivity index (χ2v) is 6.43. The number of aromatic nitrogens is 2. The molecular weight excluding hydrogens is 333 g/mol. The zero-order valence-corrected chi connectivity index (χ0v) is 14.7. The Hall–Kier alpha value is -1.72. The molecule has 2 aromatic rings. The zero-order valence-electron chi connectivity index (χ0n) is 13.2. The molecule has 1 aromatic carbocycles. The fourth-order valence-corrected chi connectivity index (χ4v) is 2.81. The number of guanidine groups is 1. The van der Waals surface area contributed by atoms with Crippen LogP contribution in [0.1, 0.15) is 25.5 Å². The van der Waals surface area contributed by atoms with Crippen molar-refractivity contribution >= 4 is 29.2 Å². The number of rotatable bonds is 6. The van der Waals surface area contributed by atoms with Crippen molar-refractivity contribution < 1.29 is 0 Å². The van der Waals surface area contributed by atoms with Crippen LogP contribution in [0.3, 0.4) is 0 Å². The minimum Gasteiger partial charge on any atom is -0.370 e. The average molecular weight is 354 g/mol. The van der Waals surface area contributed by atoms with Gasteiger partial charge in [0.05, 0.1) is 6.04 Å². The van der Waals surface area contributed by atoms with Crippen molar-refractivity contribution in [2.75, 3.05) is 6.54 Å². The molecule has 124 valence electrons. The van der Waals surface area contributed by atoms with E-state index in [1.807, 2.05) is 29.9 Å². The van der Waals surface area contributed by atoms with Crippen LogP contribution in [0.25, 0.3) is 0 Å². The van der Waals surface area contributed by atoms with E-state index in [-0.39, 0.29) is 6.04 Å². The van der Waals surface area contributed by atoms with E-state index in [9.17, 15) is 0 Å². The first-order valence-corrected chi connectivity index (χ1v) is 8.20. The summed E-state index contributed by atoms with van der Waals surface area (Å²) in [7, 11) is 0. The molecule has 2 atom stereocenters. The Morgan fingerprint density at radius 2 is 2.17 bits per heavy atom. The fraction of sp³-hybridized carbons (Fsp3) is 0.375. The summed E-state index contributed by atoms with van der Waals surface area (Å²) in [6, 6.07) is 7.26. The molecular formula is C16H21Cl2N5. The van der Waals surface area contributed by atoms with Crippen LogP contribution in [0, 0.1) is 5.92 Å². The van der Waals surface area contributed by atoms with E-state index in [2.05, 4.69) is 22.3 Å². The van der Waals surface area contributed by atoms with Crippen molar-refractivity contribution in [3.63, 3.8) is 0 Å². The highest BCUT2D eigenvalue weighted by atomic mass is 35.5. The minimum absolute atomic E-state index is 0.0510.